The molecule has 0 aliphatic carbocycles. The third-order valence-corrected chi connectivity index (χ3v) is 5.76. The highest BCUT2D eigenvalue weighted by Gasteiger charge is 2.20. The lowest BCUT2D eigenvalue weighted by atomic mass is 10.1. The normalized spacial score (nSPS) is 12.0. The van der Waals surface area contributed by atoms with Crippen LogP contribution in [0.15, 0.2) is 68.5 Å². The van der Waals surface area contributed by atoms with Crippen molar-refractivity contribution in [3.63, 3.8) is 0 Å². The van der Waals surface area contributed by atoms with Crippen molar-refractivity contribution in [2.75, 3.05) is 0 Å². The minimum absolute atomic E-state index is 0.182. The van der Waals surface area contributed by atoms with Crippen molar-refractivity contribution in [1.82, 2.24) is 15.1 Å². The van der Waals surface area contributed by atoms with Gasteiger partial charge in [0, 0.05) is 4.88 Å². The van der Waals surface area contributed by atoms with Crippen LogP contribution < -0.4 is 11.1 Å². The van der Waals surface area contributed by atoms with E-state index in [4.69, 9.17) is 4.42 Å². The molecular weight excluding hydrogens is 401 g/mol. The molecule has 1 N–H and O–H groups in total. The summed E-state index contributed by atoms with van der Waals surface area (Å²) in [6.07, 6.45) is 0. The molecule has 0 unspecified atom stereocenters. The molecule has 6 nitrogen and oxygen atoms in total. The number of carbonyl (C=O) groups excluding carboxylic acids is 1. The molecule has 1 atom stereocenters. The largest absolute Gasteiger partial charge is 0.437 e. The lowest BCUT2D eigenvalue weighted by Gasteiger charge is -2.18. The molecule has 3 heterocycles. The van der Waals surface area contributed by atoms with E-state index in [2.05, 4.69) is 10.4 Å². The van der Waals surface area contributed by atoms with Crippen LogP contribution in [0, 0.1) is 5.82 Å². The molecule has 0 saturated heterocycles. The van der Waals surface area contributed by atoms with Crippen LogP contribution in [0.4, 0.5) is 4.39 Å². The second-order valence-corrected chi connectivity index (χ2v) is 7.80. The van der Waals surface area contributed by atoms with E-state index >= 15 is 0 Å². The number of rotatable bonds is 6. The molecule has 142 valence electrons. The quantitative estimate of drug-likeness (QED) is 0.521. The van der Waals surface area contributed by atoms with E-state index in [1.165, 1.54) is 34.8 Å². The molecular formula is C19H14FN3O3S2. The van der Waals surface area contributed by atoms with E-state index in [1.54, 1.807) is 18.2 Å². The van der Waals surface area contributed by atoms with Crippen LogP contribution in [0.2, 0.25) is 0 Å². The molecule has 9 heteroatoms. The summed E-state index contributed by atoms with van der Waals surface area (Å²) in [4.78, 5) is 26.2. The molecule has 0 bridgehead atoms. The summed E-state index contributed by atoms with van der Waals surface area (Å²) in [7, 11) is 0. The van der Waals surface area contributed by atoms with Crippen molar-refractivity contribution in [3.8, 4) is 10.8 Å². The number of nitrogens with zero attached hydrogens (tertiary/aromatic N) is 2. The van der Waals surface area contributed by atoms with Gasteiger partial charge in [0.25, 0.3) is 5.89 Å². The zero-order valence-corrected chi connectivity index (χ0v) is 16.0. The first-order valence-corrected chi connectivity index (χ1v) is 10.1. The molecule has 0 saturated carbocycles. The van der Waals surface area contributed by atoms with Crippen LogP contribution >= 0.6 is 22.7 Å². The van der Waals surface area contributed by atoms with Crippen LogP contribution in [-0.4, -0.2) is 15.7 Å². The van der Waals surface area contributed by atoms with Gasteiger partial charge in [-0.2, -0.15) is 4.68 Å². The number of hydrogen-bond acceptors (Lipinski definition) is 6. The Morgan fingerprint density at radius 3 is 2.57 bits per heavy atom. The Kier molecular flexibility index (Phi) is 5.18. The molecule has 4 aromatic rings. The molecule has 0 fully saturated rings. The van der Waals surface area contributed by atoms with Crippen molar-refractivity contribution in [2.24, 2.45) is 0 Å². The molecule has 4 rings (SSSR count). The first kappa shape index (κ1) is 18.3. The molecule has 0 radical (unpaired) electrons. The number of amides is 1. The van der Waals surface area contributed by atoms with Crippen molar-refractivity contribution < 1.29 is 13.6 Å². The maximum atomic E-state index is 13.3. The zero-order chi connectivity index (χ0) is 19.5. The average Bonchev–Trinajstić information content (AvgIpc) is 3.44. The summed E-state index contributed by atoms with van der Waals surface area (Å²) in [5, 5.41) is 10.7. The van der Waals surface area contributed by atoms with E-state index < -0.39 is 17.7 Å². The Labute approximate surface area is 166 Å². The molecule has 1 aromatic carbocycles. The summed E-state index contributed by atoms with van der Waals surface area (Å²) < 4.78 is 19.4. The Hall–Kier alpha value is -3.04. The summed E-state index contributed by atoms with van der Waals surface area (Å²) in [6.45, 7) is -0.281. The minimum Gasteiger partial charge on any atom is -0.387 e. The fourth-order valence-corrected chi connectivity index (χ4v) is 4.12. The van der Waals surface area contributed by atoms with Crippen LogP contribution in [0.3, 0.4) is 0 Å². The van der Waals surface area contributed by atoms with Gasteiger partial charge in [-0.05, 0) is 40.6 Å². The number of carbonyl (C=O) groups is 1. The van der Waals surface area contributed by atoms with Gasteiger partial charge in [0.1, 0.15) is 12.4 Å². The monoisotopic (exact) mass is 415 g/mol. The number of hydrogen-bond donors (Lipinski definition) is 1. The lowest BCUT2D eigenvalue weighted by Crippen LogP contribution is -2.34. The standard InChI is InChI=1S/C19H14FN3O3S2/c20-13-7-5-12(6-8-13)17(14-3-1-9-27-14)21-16(24)11-23-19(25)26-18(22-23)15-4-2-10-28-15/h1-10,17H,11H2,(H,21,24)/t17-/m0/s1. The third kappa shape index (κ3) is 3.95. The van der Waals surface area contributed by atoms with E-state index in [1.807, 2.05) is 29.0 Å². The van der Waals surface area contributed by atoms with Crippen molar-refractivity contribution in [2.45, 2.75) is 12.6 Å². The first-order chi connectivity index (χ1) is 13.6. The van der Waals surface area contributed by atoms with Crippen LogP contribution in [0.1, 0.15) is 16.5 Å². The van der Waals surface area contributed by atoms with Gasteiger partial charge < -0.3 is 9.73 Å². The summed E-state index contributed by atoms with van der Waals surface area (Å²) >= 11 is 2.86. The Morgan fingerprint density at radius 2 is 1.89 bits per heavy atom. The van der Waals surface area contributed by atoms with Crippen LogP contribution in [0.5, 0.6) is 0 Å². The van der Waals surface area contributed by atoms with E-state index in [-0.39, 0.29) is 18.3 Å². The second-order valence-electron chi connectivity index (χ2n) is 5.88. The number of halogens is 1. The number of nitrogens with one attached hydrogen (secondary N) is 1. The second kappa shape index (κ2) is 7.91. The molecule has 0 spiro atoms. The Morgan fingerprint density at radius 1 is 1.14 bits per heavy atom. The van der Waals surface area contributed by atoms with Gasteiger partial charge in [-0.25, -0.2) is 9.18 Å². The van der Waals surface area contributed by atoms with E-state index in [9.17, 15) is 14.0 Å². The Bertz CT molecular complexity index is 1120. The van der Waals surface area contributed by atoms with Gasteiger partial charge in [-0.1, -0.05) is 24.3 Å². The SMILES string of the molecule is O=C(Cn1nc(-c2cccs2)oc1=O)N[C@@H](c1ccc(F)cc1)c1cccs1. The van der Waals surface area contributed by atoms with Gasteiger partial charge >= 0.3 is 5.76 Å². The van der Waals surface area contributed by atoms with Gasteiger partial charge in [-0.3, -0.25) is 4.79 Å². The fraction of sp³-hybridized carbons (Fsp3) is 0.105. The minimum atomic E-state index is -0.701. The summed E-state index contributed by atoms with van der Waals surface area (Å²) in [5.41, 5.74) is 0.740. The average molecular weight is 415 g/mol. The van der Waals surface area contributed by atoms with Crippen molar-refractivity contribution in [1.29, 1.82) is 0 Å². The number of thiophene rings is 2. The third-order valence-electron chi connectivity index (χ3n) is 3.97. The van der Waals surface area contributed by atoms with E-state index in [0.29, 0.717) is 4.88 Å². The topological polar surface area (TPSA) is 77.1 Å². The van der Waals surface area contributed by atoms with E-state index in [0.717, 1.165) is 15.1 Å². The highest BCUT2D eigenvalue weighted by atomic mass is 32.1. The van der Waals surface area contributed by atoms with Gasteiger partial charge in [0.05, 0.1) is 10.9 Å². The number of benzene rings is 1. The smallest absolute Gasteiger partial charge is 0.387 e. The lowest BCUT2D eigenvalue weighted by molar-refractivity contribution is -0.122. The van der Waals surface area contributed by atoms with Crippen molar-refractivity contribution >= 4 is 28.6 Å². The fourth-order valence-electron chi connectivity index (χ4n) is 2.68. The first-order valence-electron chi connectivity index (χ1n) is 8.30. The predicted octanol–water partition coefficient (Wildman–Crippen LogP) is 3.67. The Balaban J connectivity index is 1.54. The maximum Gasteiger partial charge on any atom is 0.437 e. The molecule has 28 heavy (non-hydrogen) atoms. The molecule has 1 amide bonds. The highest BCUT2D eigenvalue weighted by Crippen LogP contribution is 2.26. The predicted molar refractivity (Wildman–Crippen MR) is 105 cm³/mol. The van der Waals surface area contributed by atoms with Crippen molar-refractivity contribution in [3.05, 3.63) is 86.1 Å². The van der Waals surface area contributed by atoms with Gasteiger partial charge in [-0.15, -0.1) is 27.8 Å². The van der Waals surface area contributed by atoms with Gasteiger partial charge in [0.15, 0.2) is 0 Å². The summed E-state index contributed by atoms with van der Waals surface area (Å²) in [5.74, 6) is -1.28. The molecule has 0 aliphatic rings. The van der Waals surface area contributed by atoms with Gasteiger partial charge in [0.2, 0.25) is 5.91 Å². The maximum absolute atomic E-state index is 13.3. The number of aromatic nitrogens is 2. The van der Waals surface area contributed by atoms with Crippen LogP contribution in [-0.2, 0) is 11.3 Å². The molecule has 0 aliphatic heterocycles. The summed E-state index contributed by atoms with van der Waals surface area (Å²) in [6, 6.07) is 12.8. The highest BCUT2D eigenvalue weighted by molar-refractivity contribution is 7.13. The zero-order valence-electron chi connectivity index (χ0n) is 14.4. The molecule has 3 aromatic heterocycles. The van der Waals surface area contributed by atoms with Crippen LogP contribution in [0.25, 0.3) is 10.8 Å².